The van der Waals surface area contributed by atoms with Crippen LogP contribution >= 0.6 is 11.3 Å². The molecular weight excluding hydrogens is 408 g/mol. The van der Waals surface area contributed by atoms with Gasteiger partial charge in [0.1, 0.15) is 6.04 Å². The Labute approximate surface area is 189 Å². The number of rotatable bonds is 6. The van der Waals surface area contributed by atoms with E-state index in [0.717, 1.165) is 30.3 Å². The van der Waals surface area contributed by atoms with Crippen LogP contribution in [0.2, 0.25) is 0 Å². The minimum atomic E-state index is -0.521. The van der Waals surface area contributed by atoms with Crippen LogP contribution in [-0.4, -0.2) is 58.8 Å². The van der Waals surface area contributed by atoms with Gasteiger partial charge in [-0.3, -0.25) is 14.5 Å². The van der Waals surface area contributed by atoms with Crippen LogP contribution in [0.1, 0.15) is 55.7 Å². The van der Waals surface area contributed by atoms with Crippen LogP contribution in [0.5, 0.6) is 0 Å². The SMILES string of the molecule is CC(C)[C@H](NC(=O)c1ccccc1)C(=O)N1CCN(Cc2csc(C(C)(C)C)n2)CC1. The molecule has 1 fully saturated rings. The summed E-state index contributed by atoms with van der Waals surface area (Å²) in [4.78, 5) is 34.8. The van der Waals surface area contributed by atoms with Gasteiger partial charge in [-0.25, -0.2) is 4.98 Å². The van der Waals surface area contributed by atoms with Crippen molar-refractivity contribution < 1.29 is 9.59 Å². The Morgan fingerprint density at radius 1 is 1.10 bits per heavy atom. The Bertz CT molecular complexity index is 880. The van der Waals surface area contributed by atoms with E-state index in [1.165, 1.54) is 0 Å². The van der Waals surface area contributed by atoms with Crippen LogP contribution in [0.3, 0.4) is 0 Å². The summed E-state index contributed by atoms with van der Waals surface area (Å²) in [5.41, 5.74) is 1.75. The highest BCUT2D eigenvalue weighted by atomic mass is 32.1. The Morgan fingerprint density at radius 3 is 2.29 bits per heavy atom. The van der Waals surface area contributed by atoms with Gasteiger partial charge in [-0.2, -0.15) is 0 Å². The molecule has 7 heteroatoms. The average molecular weight is 443 g/mol. The second kappa shape index (κ2) is 9.92. The number of carbonyl (C=O) groups excluding carboxylic acids is 2. The predicted octanol–water partition coefficient (Wildman–Crippen LogP) is 3.54. The summed E-state index contributed by atoms with van der Waals surface area (Å²) >= 11 is 1.72. The first kappa shape index (κ1) is 23.4. The van der Waals surface area contributed by atoms with Gasteiger partial charge in [-0.15, -0.1) is 11.3 Å². The molecule has 1 saturated heterocycles. The lowest BCUT2D eigenvalue weighted by Gasteiger charge is -2.37. The molecule has 1 atom stereocenters. The van der Waals surface area contributed by atoms with Crippen molar-refractivity contribution >= 4 is 23.2 Å². The molecule has 1 aromatic carbocycles. The molecule has 1 aliphatic rings. The van der Waals surface area contributed by atoms with Crippen LogP contribution in [0.15, 0.2) is 35.7 Å². The number of benzene rings is 1. The molecule has 6 nitrogen and oxygen atoms in total. The summed E-state index contributed by atoms with van der Waals surface area (Å²) in [5.74, 6) is -0.184. The van der Waals surface area contributed by atoms with Crippen molar-refractivity contribution in [3.63, 3.8) is 0 Å². The number of piperazine rings is 1. The third-order valence-corrected chi connectivity index (χ3v) is 6.84. The maximum absolute atomic E-state index is 13.2. The van der Waals surface area contributed by atoms with Crippen molar-refractivity contribution in [3.8, 4) is 0 Å². The second-order valence-electron chi connectivity index (χ2n) is 9.56. The number of nitrogens with one attached hydrogen (secondary N) is 1. The van der Waals surface area contributed by atoms with E-state index in [1.54, 1.807) is 23.5 Å². The van der Waals surface area contributed by atoms with Gasteiger partial charge in [0.25, 0.3) is 5.91 Å². The Balaban J connectivity index is 1.55. The highest BCUT2D eigenvalue weighted by Gasteiger charge is 2.31. The molecule has 168 valence electrons. The molecule has 0 unspecified atom stereocenters. The van der Waals surface area contributed by atoms with Gasteiger partial charge in [-0.1, -0.05) is 52.8 Å². The van der Waals surface area contributed by atoms with Crippen molar-refractivity contribution in [2.75, 3.05) is 26.2 Å². The summed E-state index contributed by atoms with van der Waals surface area (Å²) in [6, 6.07) is 8.53. The average Bonchev–Trinajstić information content (AvgIpc) is 3.21. The second-order valence-corrected chi connectivity index (χ2v) is 10.4. The zero-order valence-corrected chi connectivity index (χ0v) is 20.0. The van der Waals surface area contributed by atoms with E-state index in [2.05, 4.69) is 36.4 Å². The zero-order valence-electron chi connectivity index (χ0n) is 19.2. The lowest BCUT2D eigenvalue weighted by molar-refractivity contribution is -0.136. The lowest BCUT2D eigenvalue weighted by Crippen LogP contribution is -2.56. The van der Waals surface area contributed by atoms with Crippen molar-refractivity contribution in [2.45, 2.75) is 52.6 Å². The van der Waals surface area contributed by atoms with Crippen molar-refractivity contribution in [1.29, 1.82) is 0 Å². The van der Waals surface area contributed by atoms with Crippen LogP contribution in [0.25, 0.3) is 0 Å². The molecule has 0 spiro atoms. The molecule has 0 aliphatic carbocycles. The first-order valence-corrected chi connectivity index (χ1v) is 11.8. The lowest BCUT2D eigenvalue weighted by atomic mass is 9.98. The number of thiazole rings is 1. The van der Waals surface area contributed by atoms with Crippen molar-refractivity contribution in [1.82, 2.24) is 20.1 Å². The van der Waals surface area contributed by atoms with Crippen LogP contribution < -0.4 is 5.32 Å². The first-order chi connectivity index (χ1) is 14.6. The fourth-order valence-corrected chi connectivity index (χ4v) is 4.50. The van der Waals surface area contributed by atoms with E-state index in [9.17, 15) is 9.59 Å². The minimum absolute atomic E-state index is 0.00242. The molecule has 0 saturated carbocycles. The van der Waals surface area contributed by atoms with Crippen LogP contribution in [0.4, 0.5) is 0 Å². The first-order valence-electron chi connectivity index (χ1n) is 11.0. The standard InChI is InChI=1S/C24H34N4O2S/c1-17(2)20(26-21(29)18-9-7-6-8-10-18)22(30)28-13-11-27(12-14-28)15-19-16-31-23(25-19)24(3,4)5/h6-10,16-17,20H,11-15H2,1-5H3,(H,26,29)/t20-/m0/s1. The Kier molecular flexibility index (Phi) is 7.49. The smallest absolute Gasteiger partial charge is 0.251 e. The topological polar surface area (TPSA) is 65.5 Å². The quantitative estimate of drug-likeness (QED) is 0.743. The van der Waals surface area contributed by atoms with Gasteiger partial charge >= 0.3 is 0 Å². The van der Waals surface area contributed by atoms with Crippen LogP contribution in [-0.2, 0) is 16.8 Å². The summed E-state index contributed by atoms with van der Waals surface area (Å²) in [7, 11) is 0. The Hall–Kier alpha value is -2.25. The largest absolute Gasteiger partial charge is 0.340 e. The van der Waals surface area contributed by atoms with Gasteiger partial charge in [0, 0.05) is 49.1 Å². The number of aromatic nitrogens is 1. The van der Waals surface area contributed by atoms with E-state index in [-0.39, 0.29) is 23.1 Å². The molecule has 1 aromatic heterocycles. The van der Waals surface area contributed by atoms with Gasteiger partial charge in [0.2, 0.25) is 5.91 Å². The van der Waals surface area contributed by atoms with Gasteiger partial charge in [-0.05, 0) is 18.1 Å². The van der Waals surface area contributed by atoms with Crippen molar-refractivity contribution in [3.05, 3.63) is 52.0 Å². The van der Waals surface area contributed by atoms with E-state index in [0.29, 0.717) is 18.7 Å². The molecule has 1 N–H and O–H groups in total. The molecule has 3 rings (SSSR count). The Morgan fingerprint density at radius 2 is 1.74 bits per heavy atom. The maximum Gasteiger partial charge on any atom is 0.251 e. The fraction of sp³-hybridized carbons (Fsp3) is 0.542. The monoisotopic (exact) mass is 442 g/mol. The third-order valence-electron chi connectivity index (χ3n) is 5.52. The highest BCUT2D eigenvalue weighted by molar-refractivity contribution is 7.09. The number of hydrogen-bond acceptors (Lipinski definition) is 5. The number of hydrogen-bond donors (Lipinski definition) is 1. The zero-order chi connectivity index (χ0) is 22.6. The van der Waals surface area contributed by atoms with E-state index < -0.39 is 6.04 Å². The summed E-state index contributed by atoms with van der Waals surface area (Å²) in [5, 5.41) is 6.25. The summed E-state index contributed by atoms with van der Waals surface area (Å²) < 4.78 is 0. The number of nitrogens with zero attached hydrogens (tertiary/aromatic N) is 3. The normalized spacial score (nSPS) is 16.4. The van der Waals surface area contributed by atoms with Gasteiger partial charge in [0.05, 0.1) is 10.7 Å². The van der Waals surface area contributed by atoms with Crippen molar-refractivity contribution in [2.24, 2.45) is 5.92 Å². The molecule has 2 amide bonds. The molecule has 2 heterocycles. The maximum atomic E-state index is 13.2. The van der Waals surface area contributed by atoms with E-state index in [1.807, 2.05) is 36.9 Å². The summed E-state index contributed by atoms with van der Waals surface area (Å²) in [6.45, 7) is 14.3. The minimum Gasteiger partial charge on any atom is -0.340 e. The number of carbonyl (C=O) groups is 2. The molecule has 0 bridgehead atoms. The molecule has 0 radical (unpaired) electrons. The molecule has 1 aliphatic heterocycles. The van der Waals surface area contributed by atoms with Gasteiger partial charge in [0.15, 0.2) is 0 Å². The predicted molar refractivity (Wildman–Crippen MR) is 125 cm³/mol. The fourth-order valence-electron chi connectivity index (χ4n) is 3.60. The molecule has 31 heavy (non-hydrogen) atoms. The third kappa shape index (κ3) is 6.14. The number of amides is 2. The molecular formula is C24H34N4O2S. The molecule has 2 aromatic rings. The summed E-state index contributed by atoms with van der Waals surface area (Å²) in [6.07, 6.45) is 0. The highest BCUT2D eigenvalue weighted by Crippen LogP contribution is 2.26. The van der Waals surface area contributed by atoms with Crippen LogP contribution in [0, 0.1) is 5.92 Å². The van der Waals surface area contributed by atoms with E-state index >= 15 is 0 Å². The van der Waals surface area contributed by atoms with E-state index in [4.69, 9.17) is 4.98 Å². The van der Waals surface area contributed by atoms with Gasteiger partial charge < -0.3 is 10.2 Å².